The first-order valence-electron chi connectivity index (χ1n) is 9.95. The summed E-state index contributed by atoms with van der Waals surface area (Å²) in [4.78, 5) is 17.1. The summed E-state index contributed by atoms with van der Waals surface area (Å²) in [5.74, 6) is -0.708. The number of sulfonamides is 1. The monoisotopic (exact) mass is 459 g/mol. The summed E-state index contributed by atoms with van der Waals surface area (Å²) in [5, 5.41) is 4.90. The maximum Gasteiger partial charge on any atom is 0.257 e. The van der Waals surface area contributed by atoms with E-state index in [1.54, 1.807) is 24.6 Å². The largest absolute Gasteiger partial charge is 0.298 e. The third kappa shape index (κ3) is 4.68. The van der Waals surface area contributed by atoms with Crippen molar-refractivity contribution in [2.24, 2.45) is 0 Å². The highest BCUT2D eigenvalue weighted by Gasteiger charge is 2.30. The normalized spacial score (nSPS) is 14.8. The molecule has 6 nitrogen and oxygen atoms in total. The average Bonchev–Trinajstić information content (AvgIpc) is 3.46. The van der Waals surface area contributed by atoms with Crippen molar-refractivity contribution in [2.75, 3.05) is 12.4 Å². The van der Waals surface area contributed by atoms with Gasteiger partial charge in [-0.1, -0.05) is 12.8 Å². The molecular formula is C22H22FN3O3S2. The predicted octanol–water partition coefficient (Wildman–Crippen LogP) is 4.76. The van der Waals surface area contributed by atoms with Gasteiger partial charge in [0.15, 0.2) is 5.13 Å². The zero-order valence-corrected chi connectivity index (χ0v) is 18.5. The minimum atomic E-state index is -3.59. The molecule has 1 N–H and O–H groups in total. The molecule has 1 aliphatic rings. The quantitative estimate of drug-likeness (QED) is 0.576. The van der Waals surface area contributed by atoms with Crippen LogP contribution in [0.1, 0.15) is 36.0 Å². The molecule has 1 aliphatic carbocycles. The molecule has 0 bridgehead atoms. The molecule has 0 aliphatic heterocycles. The van der Waals surface area contributed by atoms with E-state index in [2.05, 4.69) is 10.3 Å². The zero-order chi connectivity index (χ0) is 22.0. The van der Waals surface area contributed by atoms with E-state index >= 15 is 0 Å². The molecule has 1 saturated carbocycles. The highest BCUT2D eigenvalue weighted by Crippen LogP contribution is 2.28. The second kappa shape index (κ2) is 8.86. The van der Waals surface area contributed by atoms with E-state index in [0.29, 0.717) is 16.4 Å². The van der Waals surface area contributed by atoms with E-state index < -0.39 is 10.0 Å². The van der Waals surface area contributed by atoms with Crippen LogP contribution in [0.3, 0.4) is 0 Å². The van der Waals surface area contributed by atoms with E-state index in [1.165, 1.54) is 52.0 Å². The van der Waals surface area contributed by atoms with E-state index in [9.17, 15) is 17.6 Å². The number of halogens is 1. The van der Waals surface area contributed by atoms with Crippen LogP contribution >= 0.6 is 11.3 Å². The van der Waals surface area contributed by atoms with Crippen molar-refractivity contribution in [1.29, 1.82) is 0 Å². The van der Waals surface area contributed by atoms with Crippen molar-refractivity contribution in [3.63, 3.8) is 0 Å². The molecule has 4 rings (SSSR count). The van der Waals surface area contributed by atoms with Crippen molar-refractivity contribution in [2.45, 2.75) is 36.6 Å². The molecule has 1 amide bonds. The van der Waals surface area contributed by atoms with E-state index in [0.717, 1.165) is 31.2 Å². The van der Waals surface area contributed by atoms with Gasteiger partial charge in [-0.25, -0.2) is 17.8 Å². The van der Waals surface area contributed by atoms with Gasteiger partial charge in [0.1, 0.15) is 5.82 Å². The van der Waals surface area contributed by atoms with Crippen LogP contribution in [0.2, 0.25) is 0 Å². The Morgan fingerprint density at radius 2 is 1.74 bits per heavy atom. The molecule has 0 spiro atoms. The number of nitrogens with zero attached hydrogens (tertiary/aromatic N) is 2. The third-order valence-electron chi connectivity index (χ3n) is 5.50. The Bertz CT molecular complexity index is 1170. The Morgan fingerprint density at radius 3 is 2.39 bits per heavy atom. The van der Waals surface area contributed by atoms with Crippen LogP contribution in [0.5, 0.6) is 0 Å². The topological polar surface area (TPSA) is 79.4 Å². The first-order valence-corrected chi connectivity index (χ1v) is 12.3. The van der Waals surface area contributed by atoms with Gasteiger partial charge >= 0.3 is 0 Å². The molecule has 3 aromatic rings. The van der Waals surface area contributed by atoms with Crippen LogP contribution in [-0.2, 0) is 10.0 Å². The summed E-state index contributed by atoms with van der Waals surface area (Å²) in [7, 11) is -1.97. The average molecular weight is 460 g/mol. The van der Waals surface area contributed by atoms with Crippen molar-refractivity contribution in [1.82, 2.24) is 9.29 Å². The van der Waals surface area contributed by atoms with E-state index in [-0.39, 0.29) is 22.7 Å². The Labute approximate surface area is 184 Å². The summed E-state index contributed by atoms with van der Waals surface area (Å²) in [6.45, 7) is 0. The molecule has 0 saturated heterocycles. The molecule has 0 radical (unpaired) electrons. The predicted molar refractivity (Wildman–Crippen MR) is 119 cm³/mol. The van der Waals surface area contributed by atoms with E-state index in [1.807, 2.05) is 0 Å². The fraction of sp³-hybridized carbons (Fsp3) is 0.273. The summed E-state index contributed by atoms with van der Waals surface area (Å²) >= 11 is 1.26. The lowest BCUT2D eigenvalue weighted by molar-refractivity contribution is 0.102. The van der Waals surface area contributed by atoms with Crippen molar-refractivity contribution < 1.29 is 17.6 Å². The number of aromatic nitrogens is 1. The number of benzene rings is 2. The summed E-state index contributed by atoms with van der Waals surface area (Å²) in [6, 6.07) is 11.9. The SMILES string of the molecule is CN(C1CCCC1)S(=O)(=O)c1ccc(C(=O)Nc2nc(-c3ccc(F)cc3)cs2)cc1. The van der Waals surface area contributed by atoms with Crippen molar-refractivity contribution in [3.05, 3.63) is 65.3 Å². The standard InChI is InChI=1S/C22H22FN3O3S2/c1-26(18-4-2-3-5-18)31(28,29)19-12-8-16(9-13-19)21(27)25-22-24-20(14-30-22)15-6-10-17(23)11-7-15/h6-14,18H,2-5H2,1H3,(H,24,25,27). The molecule has 162 valence electrons. The highest BCUT2D eigenvalue weighted by molar-refractivity contribution is 7.89. The molecular weight excluding hydrogens is 437 g/mol. The molecule has 2 aromatic carbocycles. The smallest absolute Gasteiger partial charge is 0.257 e. The fourth-order valence-corrected chi connectivity index (χ4v) is 5.79. The molecule has 0 unspecified atom stereocenters. The van der Waals surface area contributed by atoms with Gasteiger partial charge in [-0.05, 0) is 61.4 Å². The number of hydrogen-bond acceptors (Lipinski definition) is 5. The Morgan fingerprint density at radius 1 is 1.10 bits per heavy atom. The number of nitrogens with one attached hydrogen (secondary N) is 1. The Hall–Kier alpha value is -2.62. The first kappa shape index (κ1) is 21.6. The van der Waals surface area contributed by atoms with Crippen LogP contribution in [0.15, 0.2) is 58.8 Å². The summed E-state index contributed by atoms with van der Waals surface area (Å²) in [6.07, 6.45) is 3.85. The minimum absolute atomic E-state index is 0.0354. The number of carbonyl (C=O) groups excluding carboxylic acids is 1. The second-order valence-corrected chi connectivity index (χ2v) is 10.3. The van der Waals surface area contributed by atoms with Gasteiger partial charge in [-0.15, -0.1) is 11.3 Å². The number of thiazole rings is 1. The molecule has 0 atom stereocenters. The van der Waals surface area contributed by atoms with Crippen LogP contribution in [-0.4, -0.2) is 36.7 Å². The molecule has 31 heavy (non-hydrogen) atoms. The number of carbonyl (C=O) groups is 1. The van der Waals surface area contributed by atoms with Gasteiger partial charge in [0.25, 0.3) is 5.91 Å². The zero-order valence-electron chi connectivity index (χ0n) is 16.9. The maximum absolute atomic E-state index is 13.1. The highest BCUT2D eigenvalue weighted by atomic mass is 32.2. The van der Waals surface area contributed by atoms with Gasteiger partial charge in [0, 0.05) is 29.6 Å². The van der Waals surface area contributed by atoms with Crippen molar-refractivity contribution >= 4 is 32.4 Å². The van der Waals surface area contributed by atoms with Gasteiger partial charge in [-0.2, -0.15) is 4.31 Å². The van der Waals surface area contributed by atoms with Crippen LogP contribution < -0.4 is 5.32 Å². The van der Waals surface area contributed by atoms with Gasteiger partial charge in [0.05, 0.1) is 10.6 Å². The molecule has 9 heteroatoms. The second-order valence-electron chi connectivity index (χ2n) is 7.48. The first-order chi connectivity index (χ1) is 14.8. The Balaban J connectivity index is 1.44. The molecule has 1 heterocycles. The lowest BCUT2D eigenvalue weighted by atomic mass is 10.2. The number of anilines is 1. The summed E-state index contributed by atoms with van der Waals surface area (Å²) in [5.41, 5.74) is 1.72. The van der Waals surface area contributed by atoms with E-state index in [4.69, 9.17) is 0 Å². The van der Waals surface area contributed by atoms with Crippen molar-refractivity contribution in [3.8, 4) is 11.3 Å². The molecule has 1 aromatic heterocycles. The number of rotatable bonds is 6. The van der Waals surface area contributed by atoms with Crippen LogP contribution in [0.4, 0.5) is 9.52 Å². The van der Waals surface area contributed by atoms with Gasteiger partial charge < -0.3 is 0 Å². The number of amides is 1. The van der Waals surface area contributed by atoms with Gasteiger partial charge in [-0.3, -0.25) is 10.1 Å². The Kier molecular flexibility index (Phi) is 6.17. The summed E-state index contributed by atoms with van der Waals surface area (Å²) < 4.78 is 40.2. The third-order valence-corrected chi connectivity index (χ3v) is 8.18. The van der Waals surface area contributed by atoms with Gasteiger partial charge in [0.2, 0.25) is 10.0 Å². The minimum Gasteiger partial charge on any atom is -0.298 e. The lowest BCUT2D eigenvalue weighted by Crippen LogP contribution is -2.35. The van der Waals surface area contributed by atoms with Crippen LogP contribution in [0, 0.1) is 5.82 Å². The number of hydrogen-bond donors (Lipinski definition) is 1. The van der Waals surface area contributed by atoms with Crippen LogP contribution in [0.25, 0.3) is 11.3 Å². The fourth-order valence-electron chi connectivity index (χ4n) is 3.66. The lowest BCUT2D eigenvalue weighted by Gasteiger charge is -2.23. The molecule has 1 fully saturated rings. The maximum atomic E-state index is 13.1.